The summed E-state index contributed by atoms with van der Waals surface area (Å²) in [5.41, 5.74) is 3.24. The van der Waals surface area contributed by atoms with Crippen molar-refractivity contribution in [2.75, 3.05) is 26.6 Å². The molecule has 5 heterocycles. The molecule has 210 valence electrons. The van der Waals surface area contributed by atoms with Crippen LogP contribution in [0.1, 0.15) is 0 Å². The monoisotopic (exact) mass is 570 g/mol. The summed E-state index contributed by atoms with van der Waals surface area (Å²) in [5, 5.41) is 0. The minimum atomic E-state index is -0.665. The average molecular weight is 571 g/mol. The molecular formula is C27H22N16. The van der Waals surface area contributed by atoms with E-state index >= 15 is 0 Å². The highest BCUT2D eigenvalue weighted by atomic mass is 15.6. The Morgan fingerprint density at radius 3 is 1.44 bits per heavy atom. The fraction of sp³-hybridized carbons (Fsp3) is 0.111. The van der Waals surface area contributed by atoms with E-state index in [-0.39, 0.29) is 0 Å². The van der Waals surface area contributed by atoms with Crippen LogP contribution in [0.3, 0.4) is 0 Å². The number of hydrogen-bond donors (Lipinski definition) is 0. The molecule has 0 saturated carbocycles. The van der Waals surface area contributed by atoms with Crippen molar-refractivity contribution in [2.24, 2.45) is 15.0 Å². The van der Waals surface area contributed by atoms with E-state index in [0.717, 1.165) is 22.7 Å². The van der Waals surface area contributed by atoms with Crippen LogP contribution in [-0.4, -0.2) is 83.3 Å². The summed E-state index contributed by atoms with van der Waals surface area (Å²) in [6, 6.07) is 15.7. The predicted octanol–water partition coefficient (Wildman–Crippen LogP) is 2.56. The third kappa shape index (κ3) is 4.24. The second-order valence-corrected chi connectivity index (χ2v) is 9.05. The number of aliphatic imine (C=N–C) groups is 3. The zero-order chi connectivity index (χ0) is 29.2. The Balaban J connectivity index is 1.54. The first-order valence-electron chi connectivity index (χ1n) is 13.0. The smallest absolute Gasteiger partial charge is 0.234 e. The maximum absolute atomic E-state index is 4.56. The summed E-state index contributed by atoms with van der Waals surface area (Å²) in [7, 11) is 1.66. The van der Waals surface area contributed by atoms with Crippen LogP contribution in [0.5, 0.6) is 0 Å². The molecule has 5 aromatic rings. The van der Waals surface area contributed by atoms with Gasteiger partial charge in [-0.25, -0.2) is 49.8 Å². The van der Waals surface area contributed by atoms with Crippen LogP contribution in [-0.2, 0) is 0 Å². The Morgan fingerprint density at radius 2 is 1.02 bits per heavy atom. The first kappa shape index (κ1) is 25.6. The SMILES string of the molecule is C=N/C=N\C(=N/C)N1c2ccccc2N(c2ncncn2)C1C1N(c2ncncn2)c2ccccc2N1c1ncncn1. The molecule has 2 aliphatic rings. The molecule has 7 rings (SSSR count). The van der Waals surface area contributed by atoms with Crippen molar-refractivity contribution in [1.82, 2.24) is 44.9 Å². The van der Waals surface area contributed by atoms with Crippen molar-refractivity contribution in [1.29, 1.82) is 0 Å². The van der Waals surface area contributed by atoms with E-state index in [0.29, 0.717) is 23.8 Å². The zero-order valence-corrected chi connectivity index (χ0v) is 22.7. The molecule has 3 aromatic heterocycles. The van der Waals surface area contributed by atoms with Gasteiger partial charge in [-0.05, 0) is 31.0 Å². The van der Waals surface area contributed by atoms with Crippen molar-refractivity contribution in [3.05, 3.63) is 86.5 Å². The van der Waals surface area contributed by atoms with E-state index in [1.807, 2.05) is 68.1 Å². The van der Waals surface area contributed by atoms with Gasteiger partial charge < -0.3 is 0 Å². The van der Waals surface area contributed by atoms with Crippen molar-refractivity contribution >= 4 is 59.6 Å². The first-order chi connectivity index (χ1) is 21.3. The number of benzene rings is 2. The normalized spacial score (nSPS) is 16.6. The number of hydrogen-bond acceptors (Lipinski definition) is 13. The Bertz CT molecular complexity index is 1730. The number of fused-ring (bicyclic) bond motifs is 2. The van der Waals surface area contributed by atoms with Crippen LogP contribution in [0.25, 0.3) is 0 Å². The minimum Gasteiger partial charge on any atom is -0.283 e. The Morgan fingerprint density at radius 1 is 0.628 bits per heavy atom. The van der Waals surface area contributed by atoms with E-state index in [4.69, 9.17) is 0 Å². The van der Waals surface area contributed by atoms with Gasteiger partial charge in [-0.3, -0.25) is 29.6 Å². The quantitative estimate of drug-likeness (QED) is 0.224. The molecule has 16 heteroatoms. The molecular weight excluding hydrogens is 548 g/mol. The van der Waals surface area contributed by atoms with Crippen molar-refractivity contribution in [3.8, 4) is 0 Å². The van der Waals surface area contributed by atoms with Crippen molar-refractivity contribution in [2.45, 2.75) is 12.3 Å². The van der Waals surface area contributed by atoms with Crippen molar-refractivity contribution in [3.63, 3.8) is 0 Å². The molecule has 43 heavy (non-hydrogen) atoms. The van der Waals surface area contributed by atoms with Crippen LogP contribution in [0, 0.1) is 0 Å². The Labute approximate surface area is 245 Å². The average Bonchev–Trinajstić information content (AvgIpc) is 3.60. The minimum absolute atomic E-state index is 0.364. The highest BCUT2D eigenvalue weighted by Gasteiger charge is 2.54. The molecule has 2 aliphatic heterocycles. The maximum atomic E-state index is 4.56. The molecule has 0 amide bonds. The number of guanidine groups is 1. The van der Waals surface area contributed by atoms with Gasteiger partial charge in [0.25, 0.3) is 0 Å². The highest BCUT2D eigenvalue weighted by Crippen LogP contribution is 2.52. The summed E-state index contributed by atoms with van der Waals surface area (Å²) in [6.07, 6.45) is 8.76. The molecule has 0 radical (unpaired) electrons. The summed E-state index contributed by atoms with van der Waals surface area (Å²) < 4.78 is 0. The van der Waals surface area contributed by atoms with Crippen LogP contribution in [0.4, 0.5) is 40.6 Å². The maximum Gasteiger partial charge on any atom is 0.234 e. The fourth-order valence-corrected chi connectivity index (χ4v) is 5.37. The highest BCUT2D eigenvalue weighted by molar-refractivity contribution is 6.07. The Hall–Kier alpha value is -6.32. The lowest BCUT2D eigenvalue weighted by molar-refractivity contribution is 0.536. The number of para-hydroxylation sites is 4. The lowest BCUT2D eigenvalue weighted by atomic mass is 10.2. The number of nitrogens with zero attached hydrogens (tertiary/aromatic N) is 16. The lowest BCUT2D eigenvalue weighted by Crippen LogP contribution is -2.61. The van der Waals surface area contributed by atoms with Crippen LogP contribution < -0.4 is 19.6 Å². The number of rotatable bonds is 5. The molecule has 2 aromatic carbocycles. The van der Waals surface area contributed by atoms with Gasteiger partial charge in [0.05, 0.1) is 22.7 Å². The molecule has 0 spiro atoms. The third-order valence-corrected chi connectivity index (χ3v) is 6.88. The van der Waals surface area contributed by atoms with Crippen LogP contribution in [0.15, 0.2) is 101 Å². The van der Waals surface area contributed by atoms with Gasteiger partial charge in [0, 0.05) is 7.05 Å². The molecule has 0 bridgehead atoms. The summed E-state index contributed by atoms with van der Waals surface area (Å²) in [6.45, 7) is 3.56. The van der Waals surface area contributed by atoms with E-state index in [9.17, 15) is 0 Å². The predicted molar refractivity (Wildman–Crippen MR) is 160 cm³/mol. The van der Waals surface area contributed by atoms with Crippen molar-refractivity contribution < 1.29 is 0 Å². The molecule has 1 atom stereocenters. The molecule has 0 aliphatic carbocycles. The van der Waals surface area contributed by atoms with Gasteiger partial charge in [-0.2, -0.15) is 0 Å². The van der Waals surface area contributed by atoms with Gasteiger partial charge in [0.1, 0.15) is 44.3 Å². The summed E-state index contributed by atoms with van der Waals surface area (Å²) in [4.78, 5) is 60.5. The number of aromatic nitrogens is 9. The van der Waals surface area contributed by atoms with Gasteiger partial charge >= 0.3 is 0 Å². The van der Waals surface area contributed by atoms with Crippen LogP contribution in [0.2, 0.25) is 0 Å². The standard InChI is InChI=1S/C27H22N16/c1-28-11-33-24(29-2)40-18-7-3-4-8-19(18)41(25-34-12-30-13-35-25)22(40)23-42(26-36-14-31-15-37-26)20-9-5-6-10-21(20)43(23)27-38-16-32-17-39-27/h3-17,22-23H,1H2,2H3/b29-24+,33-11-. The molecule has 0 N–H and O–H groups in total. The van der Waals surface area contributed by atoms with Gasteiger partial charge in [-0.1, -0.05) is 24.3 Å². The zero-order valence-electron chi connectivity index (χ0n) is 22.7. The topological polar surface area (TPSA) is 166 Å². The van der Waals surface area contributed by atoms with E-state index < -0.39 is 12.3 Å². The number of anilines is 7. The van der Waals surface area contributed by atoms with Gasteiger partial charge in [0.2, 0.25) is 23.8 Å². The Kier molecular flexibility index (Phi) is 6.51. The largest absolute Gasteiger partial charge is 0.283 e. The lowest BCUT2D eigenvalue weighted by Gasteiger charge is -2.41. The van der Waals surface area contributed by atoms with E-state index in [1.54, 1.807) is 7.05 Å². The third-order valence-electron chi connectivity index (χ3n) is 6.88. The fourth-order valence-electron chi connectivity index (χ4n) is 5.37. The second kappa shape index (κ2) is 10.9. The van der Waals surface area contributed by atoms with E-state index in [2.05, 4.69) is 66.6 Å². The van der Waals surface area contributed by atoms with Crippen LogP contribution >= 0.6 is 0 Å². The summed E-state index contributed by atoms with van der Waals surface area (Å²) in [5.74, 6) is 1.57. The summed E-state index contributed by atoms with van der Waals surface area (Å²) >= 11 is 0. The molecule has 16 nitrogen and oxygen atoms in total. The van der Waals surface area contributed by atoms with Gasteiger partial charge in [0.15, 0.2) is 12.3 Å². The molecule has 0 fully saturated rings. The molecule has 1 unspecified atom stereocenters. The molecule has 0 saturated heterocycles. The van der Waals surface area contributed by atoms with Gasteiger partial charge in [-0.15, -0.1) is 0 Å². The van der Waals surface area contributed by atoms with E-state index in [1.165, 1.54) is 44.3 Å². The second-order valence-electron chi connectivity index (χ2n) is 9.05. The first-order valence-corrected chi connectivity index (χ1v) is 13.0.